The zero-order valence-corrected chi connectivity index (χ0v) is 20.6. The Labute approximate surface area is 213 Å². The van der Waals surface area contributed by atoms with Gasteiger partial charge in [-0.1, -0.05) is 48.5 Å². The molecule has 2 nitrogen and oxygen atoms in total. The summed E-state index contributed by atoms with van der Waals surface area (Å²) in [5, 5.41) is 4.66. The number of fused-ring (bicyclic) bond motifs is 2. The Hall–Kier alpha value is -3.61. The summed E-state index contributed by atoms with van der Waals surface area (Å²) >= 11 is 0. The van der Waals surface area contributed by atoms with Gasteiger partial charge in [0.2, 0.25) is 0 Å². The van der Waals surface area contributed by atoms with E-state index in [1.165, 1.54) is 10.8 Å². The van der Waals surface area contributed by atoms with Gasteiger partial charge in [0, 0.05) is 12.4 Å². The Kier molecular flexibility index (Phi) is 6.34. The van der Waals surface area contributed by atoms with Crippen molar-refractivity contribution in [3.63, 3.8) is 0 Å². The molecule has 6 rings (SSSR count). The second kappa shape index (κ2) is 9.71. The molecule has 0 saturated heterocycles. The second-order valence-corrected chi connectivity index (χ2v) is 8.12. The van der Waals surface area contributed by atoms with Crippen molar-refractivity contribution in [1.29, 1.82) is 0 Å². The van der Waals surface area contributed by atoms with E-state index in [2.05, 4.69) is 107 Å². The molecule has 0 fully saturated rings. The van der Waals surface area contributed by atoms with Crippen molar-refractivity contribution in [3.8, 4) is 22.5 Å². The summed E-state index contributed by atoms with van der Waals surface area (Å²) in [5.74, 6) is 0. The minimum atomic E-state index is 0. The smallest absolute Gasteiger partial charge is 0.304 e. The molecule has 34 heavy (non-hydrogen) atoms. The van der Waals surface area contributed by atoms with E-state index in [1.807, 2.05) is 24.5 Å². The van der Waals surface area contributed by atoms with Gasteiger partial charge in [0.1, 0.15) is 0 Å². The van der Waals surface area contributed by atoms with Crippen LogP contribution in [0.15, 0.2) is 109 Å². The molecule has 2 aromatic heterocycles. The summed E-state index contributed by atoms with van der Waals surface area (Å²) in [6.07, 6.45) is 4.48. The van der Waals surface area contributed by atoms with Crippen molar-refractivity contribution in [2.75, 3.05) is 0 Å². The fourth-order valence-corrected chi connectivity index (χ4v) is 4.39. The van der Waals surface area contributed by atoms with Gasteiger partial charge < -0.3 is 9.97 Å². The first-order valence-corrected chi connectivity index (χ1v) is 11.1. The first kappa shape index (κ1) is 22.2. The number of rotatable bonds is 4. The van der Waals surface area contributed by atoms with Crippen molar-refractivity contribution in [2.24, 2.45) is 0 Å². The Morgan fingerprint density at radius 3 is 1.47 bits per heavy atom. The Morgan fingerprint density at radius 2 is 0.971 bits per heavy atom. The SMILES string of the molecule is [Pt+2].[c-]1c(Cc2[c-]c(-c3nccc4ccccc34)ccc2)cccc1-c1nccc2ccccc12. The third-order valence-electron chi connectivity index (χ3n) is 5.95. The first-order chi connectivity index (χ1) is 16.3. The number of hydrogen-bond acceptors (Lipinski definition) is 2. The molecule has 0 saturated carbocycles. The quantitative estimate of drug-likeness (QED) is 0.195. The predicted octanol–water partition coefficient (Wildman–Crippen LogP) is 7.31. The van der Waals surface area contributed by atoms with E-state index < -0.39 is 0 Å². The number of aromatic nitrogens is 2. The summed E-state index contributed by atoms with van der Waals surface area (Å²) in [5.41, 5.74) is 6.18. The molecule has 164 valence electrons. The minimum Gasteiger partial charge on any atom is -0.304 e. The number of pyridine rings is 2. The predicted molar refractivity (Wildman–Crippen MR) is 135 cm³/mol. The van der Waals surface area contributed by atoms with Crippen molar-refractivity contribution in [1.82, 2.24) is 9.97 Å². The fourth-order valence-electron chi connectivity index (χ4n) is 4.39. The average molecular weight is 616 g/mol. The van der Waals surface area contributed by atoms with Crippen LogP contribution in [0.5, 0.6) is 0 Å². The summed E-state index contributed by atoms with van der Waals surface area (Å²) in [6.45, 7) is 0. The van der Waals surface area contributed by atoms with Crippen molar-refractivity contribution >= 4 is 21.5 Å². The van der Waals surface area contributed by atoms with Crippen LogP contribution in [0.1, 0.15) is 11.1 Å². The van der Waals surface area contributed by atoms with Crippen LogP contribution in [0.3, 0.4) is 0 Å². The third-order valence-corrected chi connectivity index (χ3v) is 5.95. The number of benzene rings is 4. The first-order valence-electron chi connectivity index (χ1n) is 11.1. The zero-order chi connectivity index (χ0) is 22.0. The average Bonchev–Trinajstić information content (AvgIpc) is 2.88. The monoisotopic (exact) mass is 615 g/mol. The summed E-state index contributed by atoms with van der Waals surface area (Å²) in [6, 6.07) is 40.5. The van der Waals surface area contributed by atoms with Gasteiger partial charge in [-0.2, -0.15) is 0 Å². The molecule has 0 spiro atoms. The Morgan fingerprint density at radius 1 is 0.500 bits per heavy atom. The zero-order valence-electron chi connectivity index (χ0n) is 18.3. The molecule has 3 heteroatoms. The number of hydrogen-bond donors (Lipinski definition) is 0. The van der Waals surface area contributed by atoms with Crippen LogP contribution in [0.2, 0.25) is 0 Å². The van der Waals surface area contributed by atoms with Crippen LogP contribution in [-0.2, 0) is 27.5 Å². The number of nitrogens with zero attached hydrogens (tertiary/aromatic N) is 2. The van der Waals surface area contributed by atoms with E-state index in [0.717, 1.165) is 50.8 Å². The van der Waals surface area contributed by atoms with E-state index in [-0.39, 0.29) is 21.1 Å². The van der Waals surface area contributed by atoms with Crippen LogP contribution in [0.4, 0.5) is 0 Å². The molecule has 2 heterocycles. The summed E-state index contributed by atoms with van der Waals surface area (Å²) < 4.78 is 0. The van der Waals surface area contributed by atoms with Gasteiger partial charge in [-0.25, -0.2) is 0 Å². The summed E-state index contributed by atoms with van der Waals surface area (Å²) in [4.78, 5) is 9.32. The fraction of sp³-hybridized carbons (Fsp3) is 0.0323. The molecule has 4 aromatic carbocycles. The summed E-state index contributed by atoms with van der Waals surface area (Å²) in [7, 11) is 0. The molecule has 0 aliphatic rings. The Bertz CT molecular complexity index is 1480. The van der Waals surface area contributed by atoms with Crippen molar-refractivity contribution < 1.29 is 21.1 Å². The van der Waals surface area contributed by atoms with Gasteiger partial charge >= 0.3 is 21.1 Å². The van der Waals surface area contributed by atoms with E-state index in [9.17, 15) is 0 Å². The molecule has 0 radical (unpaired) electrons. The van der Waals surface area contributed by atoms with E-state index in [0.29, 0.717) is 0 Å². The van der Waals surface area contributed by atoms with Crippen molar-refractivity contribution in [3.05, 3.63) is 133 Å². The molecule has 0 atom stereocenters. The maximum atomic E-state index is 4.66. The van der Waals surface area contributed by atoms with Crippen molar-refractivity contribution in [2.45, 2.75) is 6.42 Å². The van der Waals surface area contributed by atoms with E-state index in [1.54, 1.807) is 0 Å². The molecule has 0 bridgehead atoms. The molecular formula is C31H20N2Pt. The molecule has 0 aliphatic heterocycles. The van der Waals surface area contributed by atoms with Gasteiger partial charge in [-0.15, -0.1) is 70.8 Å². The normalized spacial score (nSPS) is 10.8. The van der Waals surface area contributed by atoms with Crippen LogP contribution < -0.4 is 0 Å². The van der Waals surface area contributed by atoms with Gasteiger partial charge in [0.15, 0.2) is 0 Å². The standard InChI is InChI=1S/C31H20N2.Pt/c1-3-13-28-24(9-1)15-17-32-30(28)26-11-5-7-22(20-26)19-23-8-6-12-27(21-23)31-29-14-4-2-10-25(29)16-18-33-31;/h1-18H,19H2;/q-2;+2. The molecule has 0 aliphatic carbocycles. The maximum Gasteiger partial charge on any atom is 2.00 e. The van der Waals surface area contributed by atoms with Crippen LogP contribution in [0.25, 0.3) is 44.1 Å². The van der Waals surface area contributed by atoms with Crippen LogP contribution >= 0.6 is 0 Å². The van der Waals surface area contributed by atoms with Crippen LogP contribution in [-0.4, -0.2) is 9.97 Å². The molecular weight excluding hydrogens is 595 g/mol. The molecule has 0 amide bonds. The van der Waals surface area contributed by atoms with Crippen LogP contribution in [0, 0.1) is 12.1 Å². The van der Waals surface area contributed by atoms with E-state index >= 15 is 0 Å². The molecule has 0 unspecified atom stereocenters. The van der Waals surface area contributed by atoms with Gasteiger partial charge in [0.25, 0.3) is 0 Å². The maximum absolute atomic E-state index is 4.66. The Balaban J connectivity index is 0.00000241. The van der Waals surface area contributed by atoms with Gasteiger partial charge in [-0.3, -0.25) is 0 Å². The van der Waals surface area contributed by atoms with E-state index in [4.69, 9.17) is 0 Å². The largest absolute Gasteiger partial charge is 2.00 e. The third kappa shape index (κ3) is 4.30. The van der Waals surface area contributed by atoms with Gasteiger partial charge in [-0.05, 0) is 51.5 Å². The minimum absolute atomic E-state index is 0. The second-order valence-electron chi connectivity index (χ2n) is 8.12. The topological polar surface area (TPSA) is 25.8 Å². The van der Waals surface area contributed by atoms with Gasteiger partial charge in [0.05, 0.1) is 0 Å². The molecule has 0 N–H and O–H groups in total. The molecule has 6 aromatic rings.